The van der Waals surface area contributed by atoms with Crippen molar-refractivity contribution in [3.63, 3.8) is 0 Å². The van der Waals surface area contributed by atoms with Crippen molar-refractivity contribution in [3.8, 4) is 16.9 Å². The molecule has 4 aromatic rings. The Kier molecular flexibility index (Phi) is 7.14. The number of benzene rings is 3. The molecule has 0 aliphatic carbocycles. The summed E-state index contributed by atoms with van der Waals surface area (Å²) in [6.45, 7) is 7.63. The van der Waals surface area contributed by atoms with Gasteiger partial charge in [0.15, 0.2) is 0 Å². The molecule has 7 nitrogen and oxygen atoms in total. The van der Waals surface area contributed by atoms with Gasteiger partial charge < -0.3 is 20.3 Å². The number of piperidine rings is 1. The van der Waals surface area contributed by atoms with E-state index in [9.17, 15) is 4.79 Å². The maximum absolute atomic E-state index is 12.1. The van der Waals surface area contributed by atoms with Crippen molar-refractivity contribution in [2.75, 3.05) is 30.8 Å². The van der Waals surface area contributed by atoms with Crippen LogP contribution in [0.4, 0.5) is 17.3 Å². The molecule has 0 bridgehead atoms. The van der Waals surface area contributed by atoms with E-state index in [2.05, 4.69) is 71.4 Å². The van der Waals surface area contributed by atoms with E-state index in [1.165, 1.54) is 11.6 Å². The summed E-state index contributed by atoms with van der Waals surface area (Å²) in [5.41, 5.74) is 5.54. The number of carbonyl (C=O) groups excluding carboxylic acids is 1. The molecule has 1 fully saturated rings. The smallest absolute Gasteiger partial charge is 0.247 e. The molecule has 1 amide bonds. The number of hydrogen-bond acceptors (Lipinski definition) is 6. The fraction of sp³-hybridized carbons (Fsp3) is 0.233. The van der Waals surface area contributed by atoms with Crippen LogP contribution in [0, 0.1) is 6.92 Å². The van der Waals surface area contributed by atoms with Crippen LogP contribution in [-0.4, -0.2) is 47.0 Å². The standard InChI is InChI=1S/C30H31N5O2/c1-4-28(36)33-26-18-23(11-12-27(26)37-24-13-15-35(3)16-14-24)32-30-31-19-22-9-6-10-25(29(22)34-30)21-8-5-7-20(2)17-21/h4-12,17-19,24H,1,13-16H2,2-3H3,(H,33,36)(H,31,32,34). The second-order valence-corrected chi connectivity index (χ2v) is 9.46. The minimum atomic E-state index is -0.296. The van der Waals surface area contributed by atoms with Crippen LogP contribution in [0.25, 0.3) is 22.0 Å². The summed E-state index contributed by atoms with van der Waals surface area (Å²) >= 11 is 0. The van der Waals surface area contributed by atoms with Gasteiger partial charge in [0.1, 0.15) is 11.9 Å². The zero-order valence-corrected chi connectivity index (χ0v) is 21.2. The number of amides is 1. The maximum atomic E-state index is 12.1. The minimum Gasteiger partial charge on any atom is -0.488 e. The summed E-state index contributed by atoms with van der Waals surface area (Å²) in [6, 6.07) is 20.1. The van der Waals surface area contributed by atoms with E-state index in [-0.39, 0.29) is 12.0 Å². The van der Waals surface area contributed by atoms with Crippen LogP contribution in [-0.2, 0) is 4.79 Å². The van der Waals surface area contributed by atoms with E-state index in [1.807, 2.05) is 36.5 Å². The Hall–Kier alpha value is -4.23. The third-order valence-corrected chi connectivity index (χ3v) is 6.58. The predicted octanol–water partition coefficient (Wildman–Crippen LogP) is 5.95. The van der Waals surface area contributed by atoms with Crippen molar-refractivity contribution >= 4 is 34.1 Å². The second kappa shape index (κ2) is 10.8. The maximum Gasteiger partial charge on any atom is 0.247 e. The van der Waals surface area contributed by atoms with E-state index < -0.39 is 0 Å². The van der Waals surface area contributed by atoms with Crippen molar-refractivity contribution in [3.05, 3.63) is 85.1 Å². The van der Waals surface area contributed by atoms with Gasteiger partial charge in [0, 0.05) is 35.9 Å². The van der Waals surface area contributed by atoms with E-state index in [0.29, 0.717) is 17.4 Å². The molecule has 0 unspecified atom stereocenters. The van der Waals surface area contributed by atoms with Gasteiger partial charge in [0.25, 0.3) is 0 Å². The van der Waals surface area contributed by atoms with Crippen LogP contribution < -0.4 is 15.4 Å². The molecule has 1 aliphatic heterocycles. The molecule has 1 aliphatic rings. The Bertz CT molecular complexity index is 1440. The molecular formula is C30H31N5O2. The molecule has 0 saturated carbocycles. The molecule has 2 N–H and O–H groups in total. The van der Waals surface area contributed by atoms with Gasteiger partial charge in [-0.05, 0) is 56.7 Å². The van der Waals surface area contributed by atoms with Gasteiger partial charge in [-0.25, -0.2) is 9.97 Å². The number of anilines is 3. The van der Waals surface area contributed by atoms with Gasteiger partial charge >= 0.3 is 0 Å². The van der Waals surface area contributed by atoms with Gasteiger partial charge in [0.2, 0.25) is 11.9 Å². The zero-order valence-electron chi connectivity index (χ0n) is 21.2. The molecule has 0 radical (unpaired) electrons. The molecule has 2 heterocycles. The van der Waals surface area contributed by atoms with Gasteiger partial charge in [-0.3, -0.25) is 4.79 Å². The average Bonchev–Trinajstić information content (AvgIpc) is 2.91. The highest BCUT2D eigenvalue weighted by Gasteiger charge is 2.20. The predicted molar refractivity (Wildman–Crippen MR) is 149 cm³/mol. The second-order valence-electron chi connectivity index (χ2n) is 9.46. The molecule has 188 valence electrons. The highest BCUT2D eigenvalue weighted by molar-refractivity contribution is 6.00. The lowest BCUT2D eigenvalue weighted by atomic mass is 10.0. The number of aryl methyl sites for hydroxylation is 1. The first-order chi connectivity index (χ1) is 18.0. The zero-order chi connectivity index (χ0) is 25.8. The molecule has 1 saturated heterocycles. The highest BCUT2D eigenvalue weighted by atomic mass is 16.5. The molecule has 0 atom stereocenters. The molecule has 1 aromatic heterocycles. The first kappa shape index (κ1) is 24.5. The highest BCUT2D eigenvalue weighted by Crippen LogP contribution is 2.33. The molecule has 37 heavy (non-hydrogen) atoms. The Balaban J connectivity index is 1.43. The number of para-hydroxylation sites is 1. The molecule has 7 heteroatoms. The van der Waals surface area contributed by atoms with Crippen LogP contribution in [0.15, 0.2) is 79.5 Å². The van der Waals surface area contributed by atoms with E-state index in [0.717, 1.165) is 53.6 Å². The lowest BCUT2D eigenvalue weighted by Crippen LogP contribution is -2.35. The number of fused-ring (bicyclic) bond motifs is 1. The fourth-order valence-electron chi connectivity index (χ4n) is 4.56. The summed E-state index contributed by atoms with van der Waals surface area (Å²) in [6.07, 6.45) is 5.07. The number of nitrogens with zero attached hydrogens (tertiary/aromatic N) is 3. The molecule has 3 aromatic carbocycles. The van der Waals surface area contributed by atoms with Gasteiger partial charge in [0.05, 0.1) is 11.2 Å². The topological polar surface area (TPSA) is 79.4 Å². The first-order valence-corrected chi connectivity index (χ1v) is 12.5. The molecule has 5 rings (SSSR count). The van der Waals surface area contributed by atoms with Crippen molar-refractivity contribution in [2.24, 2.45) is 0 Å². The largest absolute Gasteiger partial charge is 0.488 e. The summed E-state index contributed by atoms with van der Waals surface area (Å²) in [5.74, 6) is 0.809. The van der Waals surface area contributed by atoms with Crippen molar-refractivity contribution in [1.82, 2.24) is 14.9 Å². The summed E-state index contributed by atoms with van der Waals surface area (Å²) in [4.78, 5) is 23.8. The van der Waals surface area contributed by atoms with Gasteiger partial charge in [-0.15, -0.1) is 0 Å². The number of hydrogen-bond donors (Lipinski definition) is 2. The van der Waals surface area contributed by atoms with E-state index in [1.54, 1.807) is 0 Å². The number of aromatic nitrogens is 2. The number of nitrogens with one attached hydrogen (secondary N) is 2. The average molecular weight is 494 g/mol. The normalized spacial score (nSPS) is 14.3. The number of carbonyl (C=O) groups is 1. The minimum absolute atomic E-state index is 0.109. The third kappa shape index (κ3) is 5.78. The Morgan fingerprint density at radius 2 is 1.92 bits per heavy atom. The Labute approximate surface area is 217 Å². The van der Waals surface area contributed by atoms with Crippen LogP contribution in [0.3, 0.4) is 0 Å². The van der Waals surface area contributed by atoms with Gasteiger partial charge in [-0.1, -0.05) is 54.6 Å². The third-order valence-electron chi connectivity index (χ3n) is 6.58. The monoisotopic (exact) mass is 493 g/mol. The molecule has 0 spiro atoms. The lowest BCUT2D eigenvalue weighted by Gasteiger charge is -2.30. The van der Waals surface area contributed by atoms with Crippen LogP contribution in [0.5, 0.6) is 5.75 Å². The fourth-order valence-corrected chi connectivity index (χ4v) is 4.56. The summed E-state index contributed by atoms with van der Waals surface area (Å²) in [5, 5.41) is 7.13. The number of rotatable bonds is 7. The Morgan fingerprint density at radius 1 is 1.11 bits per heavy atom. The van der Waals surface area contributed by atoms with Crippen LogP contribution in [0.1, 0.15) is 18.4 Å². The number of likely N-dealkylation sites (tertiary alicyclic amines) is 1. The van der Waals surface area contributed by atoms with Crippen molar-refractivity contribution in [1.29, 1.82) is 0 Å². The quantitative estimate of drug-likeness (QED) is 0.310. The Morgan fingerprint density at radius 3 is 2.70 bits per heavy atom. The summed E-state index contributed by atoms with van der Waals surface area (Å²) < 4.78 is 6.28. The van der Waals surface area contributed by atoms with Crippen molar-refractivity contribution in [2.45, 2.75) is 25.9 Å². The van der Waals surface area contributed by atoms with Crippen LogP contribution in [0.2, 0.25) is 0 Å². The number of ether oxygens (including phenoxy) is 1. The summed E-state index contributed by atoms with van der Waals surface area (Å²) in [7, 11) is 2.12. The lowest BCUT2D eigenvalue weighted by molar-refractivity contribution is -0.111. The van der Waals surface area contributed by atoms with Crippen LogP contribution >= 0.6 is 0 Å². The first-order valence-electron chi connectivity index (χ1n) is 12.5. The SMILES string of the molecule is C=CC(=O)Nc1cc(Nc2ncc3cccc(-c4cccc(C)c4)c3n2)ccc1OC1CCN(C)CC1. The molecular weight excluding hydrogens is 462 g/mol. The van der Waals surface area contributed by atoms with Crippen molar-refractivity contribution < 1.29 is 9.53 Å². The van der Waals surface area contributed by atoms with E-state index >= 15 is 0 Å². The van der Waals surface area contributed by atoms with E-state index in [4.69, 9.17) is 9.72 Å². The van der Waals surface area contributed by atoms with Gasteiger partial charge in [-0.2, -0.15) is 0 Å².